The number of aliphatic carboxylic acids is 1. The Hall–Kier alpha value is -3.09. The van der Waals surface area contributed by atoms with Gasteiger partial charge in [0, 0.05) is 30.9 Å². The van der Waals surface area contributed by atoms with Gasteiger partial charge < -0.3 is 24.6 Å². The first-order valence-electron chi connectivity index (χ1n) is 13.7. The van der Waals surface area contributed by atoms with Crippen molar-refractivity contribution < 1.29 is 37.7 Å². The molecule has 9 nitrogen and oxygen atoms in total. The smallest absolute Gasteiger partial charge is 0.305 e. The van der Waals surface area contributed by atoms with Gasteiger partial charge in [0.2, 0.25) is 10.0 Å². The third-order valence-corrected chi connectivity index (χ3v) is 9.17. The number of carboxylic acids is 1. The number of morpholine rings is 1. The molecule has 2 aromatic carbocycles. The second kappa shape index (κ2) is 13.3. The lowest BCUT2D eigenvalue weighted by Gasteiger charge is -2.27. The highest BCUT2D eigenvalue weighted by Crippen LogP contribution is 2.45. The van der Waals surface area contributed by atoms with Crippen LogP contribution in [-0.4, -0.2) is 77.1 Å². The summed E-state index contributed by atoms with van der Waals surface area (Å²) in [6.07, 6.45) is -2.75. The van der Waals surface area contributed by atoms with Crippen LogP contribution < -0.4 is 0 Å². The molecule has 4 rings (SSSR count). The van der Waals surface area contributed by atoms with E-state index in [-0.39, 0.29) is 56.5 Å². The van der Waals surface area contributed by atoms with Crippen molar-refractivity contribution in [3.05, 3.63) is 66.1 Å². The van der Waals surface area contributed by atoms with Gasteiger partial charge in [0.05, 0.1) is 37.5 Å². The molecular formula is C30H37FN2O7S. The van der Waals surface area contributed by atoms with Crippen molar-refractivity contribution in [2.24, 2.45) is 0 Å². The number of ether oxygens (including phenoxy) is 1. The van der Waals surface area contributed by atoms with Crippen LogP contribution >= 0.6 is 0 Å². The van der Waals surface area contributed by atoms with E-state index in [2.05, 4.69) is 0 Å². The molecule has 1 fully saturated rings. The van der Waals surface area contributed by atoms with Gasteiger partial charge in [0.15, 0.2) is 0 Å². The quantitative estimate of drug-likeness (QED) is 0.291. The van der Waals surface area contributed by atoms with Gasteiger partial charge >= 0.3 is 5.97 Å². The highest BCUT2D eigenvalue weighted by Gasteiger charge is 2.37. The lowest BCUT2D eigenvalue weighted by atomic mass is 10.0. The summed E-state index contributed by atoms with van der Waals surface area (Å²) in [6, 6.07) is 15.0. The molecule has 1 aromatic heterocycles. The van der Waals surface area contributed by atoms with Crippen molar-refractivity contribution in [3.63, 3.8) is 0 Å². The first-order valence-corrected chi connectivity index (χ1v) is 15.2. The fourth-order valence-electron chi connectivity index (χ4n) is 5.37. The number of carboxylic acid groups (broad SMARTS) is 1. The Morgan fingerprint density at radius 1 is 0.976 bits per heavy atom. The van der Waals surface area contributed by atoms with Crippen LogP contribution in [0.15, 0.2) is 59.5 Å². The molecule has 1 aliphatic rings. The van der Waals surface area contributed by atoms with E-state index in [1.807, 2.05) is 48.7 Å². The molecule has 222 valence electrons. The average Bonchev–Trinajstić information content (AvgIpc) is 3.29. The summed E-state index contributed by atoms with van der Waals surface area (Å²) in [5.41, 5.74) is 2.90. The summed E-state index contributed by atoms with van der Waals surface area (Å²) in [4.78, 5) is 11.1. The van der Waals surface area contributed by atoms with Crippen LogP contribution in [-0.2, 0) is 26.1 Å². The van der Waals surface area contributed by atoms with E-state index < -0.39 is 40.4 Å². The van der Waals surface area contributed by atoms with Crippen molar-refractivity contribution in [2.75, 3.05) is 26.3 Å². The molecule has 3 aromatic rings. The standard InChI is InChI=1S/C30H37FN2O7S/c1-20(2)28-30(41(38,39)32-14-16-40-17-15-32)27(21-6-4-3-5-7-21)29(22-8-10-23(31)11-9-22)33(28)13-12-24(34)18-25(35)19-26(36)37/h3-11,20,24-25,34-35H,12-19H2,1-2H3,(H,36,37). The maximum atomic E-state index is 14.4. The first kappa shape index (κ1) is 30.9. The molecule has 2 heterocycles. The average molecular weight is 589 g/mol. The van der Waals surface area contributed by atoms with Gasteiger partial charge in [-0.05, 0) is 54.2 Å². The molecular weight excluding hydrogens is 551 g/mol. The number of rotatable bonds is 12. The predicted molar refractivity (Wildman–Crippen MR) is 152 cm³/mol. The summed E-state index contributed by atoms with van der Waals surface area (Å²) >= 11 is 0. The Kier molecular flexibility index (Phi) is 9.98. The van der Waals surface area contributed by atoms with Crippen molar-refractivity contribution in [1.29, 1.82) is 0 Å². The van der Waals surface area contributed by atoms with Gasteiger partial charge in [-0.2, -0.15) is 4.31 Å². The minimum absolute atomic E-state index is 0.130. The second-order valence-electron chi connectivity index (χ2n) is 10.6. The molecule has 0 aliphatic carbocycles. The van der Waals surface area contributed by atoms with E-state index in [0.29, 0.717) is 28.1 Å². The fourth-order valence-corrected chi connectivity index (χ4v) is 7.34. The largest absolute Gasteiger partial charge is 0.481 e. The number of hydrogen-bond donors (Lipinski definition) is 3. The van der Waals surface area contributed by atoms with Gasteiger partial charge in [-0.3, -0.25) is 4.79 Å². The fraction of sp³-hybridized carbons (Fsp3) is 0.433. The predicted octanol–water partition coefficient (Wildman–Crippen LogP) is 4.08. The zero-order valence-corrected chi connectivity index (χ0v) is 24.1. The van der Waals surface area contributed by atoms with Gasteiger partial charge in [0.25, 0.3) is 0 Å². The lowest BCUT2D eigenvalue weighted by molar-refractivity contribution is -0.139. The number of aromatic nitrogens is 1. The van der Waals surface area contributed by atoms with E-state index in [4.69, 9.17) is 9.84 Å². The number of nitrogens with zero attached hydrogens (tertiary/aromatic N) is 2. The van der Waals surface area contributed by atoms with E-state index in [1.54, 1.807) is 12.1 Å². The van der Waals surface area contributed by atoms with Crippen LogP contribution in [0.3, 0.4) is 0 Å². The highest BCUT2D eigenvalue weighted by molar-refractivity contribution is 7.89. The molecule has 0 saturated carbocycles. The van der Waals surface area contributed by atoms with Crippen LogP contribution in [0.1, 0.15) is 44.7 Å². The Bertz CT molecular complexity index is 1430. The Morgan fingerprint density at radius 3 is 2.20 bits per heavy atom. The summed E-state index contributed by atoms with van der Waals surface area (Å²) in [5, 5.41) is 29.7. The topological polar surface area (TPSA) is 129 Å². The number of halogens is 1. The summed E-state index contributed by atoms with van der Waals surface area (Å²) in [5.74, 6) is -1.85. The Labute approximate surface area is 239 Å². The van der Waals surface area contributed by atoms with Crippen LogP contribution in [0.2, 0.25) is 0 Å². The Morgan fingerprint density at radius 2 is 1.61 bits per heavy atom. The van der Waals surface area contributed by atoms with E-state index in [9.17, 15) is 27.8 Å². The highest BCUT2D eigenvalue weighted by atomic mass is 32.2. The molecule has 0 radical (unpaired) electrons. The number of aliphatic hydroxyl groups excluding tert-OH is 2. The number of hydrogen-bond acceptors (Lipinski definition) is 6. The second-order valence-corrected chi connectivity index (χ2v) is 12.4. The molecule has 41 heavy (non-hydrogen) atoms. The SMILES string of the molecule is CC(C)c1c(S(=O)(=O)N2CCOCC2)c(-c2ccccc2)c(-c2ccc(F)cc2)n1CCC(O)CC(O)CC(=O)O. The minimum atomic E-state index is -4.01. The maximum absolute atomic E-state index is 14.4. The van der Waals surface area contributed by atoms with Crippen LogP contribution in [0.25, 0.3) is 22.4 Å². The third kappa shape index (κ3) is 7.04. The zero-order valence-electron chi connectivity index (χ0n) is 23.2. The lowest BCUT2D eigenvalue weighted by Crippen LogP contribution is -2.41. The molecule has 2 atom stereocenters. The summed E-state index contributed by atoms with van der Waals surface area (Å²) in [6.45, 7) is 4.98. The molecule has 11 heteroatoms. The summed E-state index contributed by atoms with van der Waals surface area (Å²) in [7, 11) is -4.01. The number of carbonyl (C=O) groups is 1. The molecule has 1 saturated heterocycles. The number of sulfonamides is 1. The van der Waals surface area contributed by atoms with E-state index in [1.165, 1.54) is 16.4 Å². The van der Waals surface area contributed by atoms with Gasteiger partial charge in [0.1, 0.15) is 10.7 Å². The van der Waals surface area contributed by atoms with Crippen LogP contribution in [0, 0.1) is 5.82 Å². The number of aliphatic hydroxyl groups is 2. The van der Waals surface area contributed by atoms with E-state index >= 15 is 0 Å². The third-order valence-electron chi connectivity index (χ3n) is 7.19. The van der Waals surface area contributed by atoms with Crippen molar-refractivity contribution >= 4 is 16.0 Å². The van der Waals surface area contributed by atoms with Crippen molar-refractivity contribution in [1.82, 2.24) is 8.87 Å². The number of benzene rings is 2. The van der Waals surface area contributed by atoms with E-state index in [0.717, 1.165) is 0 Å². The van der Waals surface area contributed by atoms with Crippen molar-refractivity contribution in [2.45, 2.75) is 62.7 Å². The minimum Gasteiger partial charge on any atom is -0.481 e. The molecule has 0 spiro atoms. The van der Waals surface area contributed by atoms with Gasteiger partial charge in [-0.25, -0.2) is 12.8 Å². The van der Waals surface area contributed by atoms with Crippen LogP contribution in [0.4, 0.5) is 4.39 Å². The first-order chi connectivity index (χ1) is 19.5. The van der Waals surface area contributed by atoms with Crippen molar-refractivity contribution in [3.8, 4) is 22.4 Å². The zero-order chi connectivity index (χ0) is 29.7. The molecule has 3 N–H and O–H groups in total. The molecule has 0 amide bonds. The van der Waals surface area contributed by atoms with Crippen LogP contribution in [0.5, 0.6) is 0 Å². The normalized spacial score (nSPS) is 16.1. The molecule has 1 aliphatic heterocycles. The van der Waals surface area contributed by atoms with Gasteiger partial charge in [-0.15, -0.1) is 0 Å². The Balaban J connectivity index is 1.94. The molecule has 0 bridgehead atoms. The maximum Gasteiger partial charge on any atom is 0.305 e. The van der Waals surface area contributed by atoms with Gasteiger partial charge in [-0.1, -0.05) is 44.2 Å². The molecule has 2 unspecified atom stereocenters. The monoisotopic (exact) mass is 588 g/mol. The summed E-state index contributed by atoms with van der Waals surface area (Å²) < 4.78 is 51.6.